The molecule has 49 heavy (non-hydrogen) atoms. The fourth-order valence-corrected chi connectivity index (χ4v) is 6.50. The Morgan fingerprint density at radius 3 is 2.55 bits per heavy atom. The second-order valence-electron chi connectivity index (χ2n) is 12.6. The molecule has 0 saturated heterocycles. The molecule has 1 aliphatic rings. The second-order valence-corrected chi connectivity index (χ2v) is 12.6. The fraction of sp³-hybridized carbons (Fsp3) is 0.250. The molecular formula is C36H33F3N7O3+. The molecule has 250 valence electrons. The Morgan fingerprint density at radius 2 is 1.82 bits per heavy atom. The van der Waals surface area contributed by atoms with Crippen LogP contribution in [0.3, 0.4) is 0 Å². The summed E-state index contributed by atoms with van der Waals surface area (Å²) in [5.41, 5.74) is 2.40. The number of para-hydroxylation sites is 1. The quantitative estimate of drug-likeness (QED) is 0.159. The summed E-state index contributed by atoms with van der Waals surface area (Å²) in [4.78, 5) is 33.0. The molecule has 0 fully saturated rings. The van der Waals surface area contributed by atoms with Gasteiger partial charge in [-0.15, -0.1) is 5.10 Å². The number of carbonyl (C=O) groups is 1. The molecular weight excluding hydrogens is 635 g/mol. The minimum atomic E-state index is -4.63. The zero-order valence-corrected chi connectivity index (χ0v) is 27.2. The standard InChI is InChI=1S/C36H32F3N7O3/c1-22-30(33(47)49-4)32(45-34(42-43-35(45)48)44(22)28-12-6-11-27(19-28)36(37,38)39)29-14-13-23(20-40)18-25(29)15-17-46(2,3)21-26-9-5-8-24-10-7-16-41-31(24)26/h5-14,16,18-19,32H,15,17,21H2,1-4H3/p+1/t32-/m1/s1. The van der Waals surface area contributed by atoms with Crippen LogP contribution >= 0.6 is 0 Å². The summed E-state index contributed by atoms with van der Waals surface area (Å²) in [7, 11) is 5.38. The Labute approximate surface area is 279 Å². The number of H-pyrrole nitrogens is 1. The first-order valence-corrected chi connectivity index (χ1v) is 15.4. The third kappa shape index (κ3) is 6.30. The lowest BCUT2D eigenvalue weighted by Crippen LogP contribution is -2.41. The number of nitrogens with zero attached hydrogens (tertiary/aromatic N) is 6. The molecule has 0 bridgehead atoms. The number of methoxy groups -OCH3 is 1. The van der Waals surface area contributed by atoms with Gasteiger partial charge in [0.05, 0.1) is 56.0 Å². The molecule has 0 saturated carbocycles. The van der Waals surface area contributed by atoms with Crippen LogP contribution in [0.5, 0.6) is 0 Å². The van der Waals surface area contributed by atoms with E-state index in [1.165, 1.54) is 28.7 Å². The van der Waals surface area contributed by atoms with Gasteiger partial charge in [-0.1, -0.05) is 36.4 Å². The predicted octanol–water partition coefficient (Wildman–Crippen LogP) is 6.02. The van der Waals surface area contributed by atoms with Gasteiger partial charge in [-0.25, -0.2) is 19.3 Å². The van der Waals surface area contributed by atoms with Crippen molar-refractivity contribution in [1.29, 1.82) is 5.26 Å². The second kappa shape index (κ2) is 12.7. The van der Waals surface area contributed by atoms with Gasteiger partial charge in [0.2, 0.25) is 5.95 Å². The number of hydrogen-bond donors (Lipinski definition) is 1. The van der Waals surface area contributed by atoms with E-state index < -0.39 is 29.4 Å². The van der Waals surface area contributed by atoms with E-state index in [2.05, 4.69) is 41.4 Å². The molecule has 0 aliphatic carbocycles. The number of allylic oxidation sites excluding steroid dienone is 1. The van der Waals surface area contributed by atoms with Gasteiger partial charge in [-0.3, -0.25) is 9.88 Å². The summed E-state index contributed by atoms with van der Waals surface area (Å²) >= 11 is 0. The van der Waals surface area contributed by atoms with E-state index in [1.807, 2.05) is 24.3 Å². The normalized spacial score (nSPS) is 14.9. The molecule has 1 atom stereocenters. The number of fused-ring (bicyclic) bond motifs is 2. The zero-order chi connectivity index (χ0) is 35.1. The number of benzene rings is 3. The van der Waals surface area contributed by atoms with Crippen LogP contribution in [0.1, 0.15) is 40.8 Å². The number of nitriles is 1. The zero-order valence-electron chi connectivity index (χ0n) is 27.2. The predicted molar refractivity (Wildman–Crippen MR) is 177 cm³/mol. The Hall–Kier alpha value is -5.74. The van der Waals surface area contributed by atoms with Crippen molar-refractivity contribution in [3.8, 4) is 6.07 Å². The highest BCUT2D eigenvalue weighted by molar-refractivity contribution is 5.93. The van der Waals surface area contributed by atoms with Crippen molar-refractivity contribution >= 4 is 28.5 Å². The molecule has 0 spiro atoms. The number of aromatic nitrogens is 4. The molecule has 0 unspecified atom stereocenters. The van der Waals surface area contributed by atoms with Crippen LogP contribution in [-0.2, 0) is 28.7 Å². The van der Waals surface area contributed by atoms with Gasteiger partial charge in [0.15, 0.2) is 0 Å². The summed E-state index contributed by atoms with van der Waals surface area (Å²) in [5, 5.41) is 17.5. The number of hydrogen-bond acceptors (Lipinski definition) is 7. The topological polar surface area (TPSA) is 117 Å². The number of aromatic amines is 1. The van der Waals surface area contributed by atoms with Gasteiger partial charge in [-0.2, -0.15) is 18.4 Å². The van der Waals surface area contributed by atoms with Crippen molar-refractivity contribution in [2.45, 2.75) is 32.1 Å². The van der Waals surface area contributed by atoms with Crippen molar-refractivity contribution in [3.63, 3.8) is 0 Å². The first kappa shape index (κ1) is 33.2. The summed E-state index contributed by atoms with van der Waals surface area (Å²) < 4.78 is 48.1. The summed E-state index contributed by atoms with van der Waals surface area (Å²) in [6.07, 6.45) is -2.40. The molecule has 5 aromatic rings. The third-order valence-corrected chi connectivity index (χ3v) is 8.85. The van der Waals surface area contributed by atoms with Crippen molar-refractivity contribution in [1.82, 2.24) is 19.7 Å². The fourth-order valence-electron chi connectivity index (χ4n) is 6.50. The summed E-state index contributed by atoms with van der Waals surface area (Å²) in [5.74, 6) is -0.776. The molecule has 0 radical (unpaired) electrons. The first-order valence-electron chi connectivity index (χ1n) is 15.4. The van der Waals surface area contributed by atoms with Crippen LogP contribution in [0.2, 0.25) is 0 Å². The maximum atomic E-state index is 13.7. The number of ether oxygens (including phenoxy) is 1. The molecule has 0 amide bonds. The van der Waals surface area contributed by atoms with Crippen molar-refractivity contribution < 1.29 is 27.2 Å². The van der Waals surface area contributed by atoms with Gasteiger partial charge in [0, 0.05) is 35.0 Å². The van der Waals surface area contributed by atoms with E-state index in [0.29, 0.717) is 40.7 Å². The first-order chi connectivity index (χ1) is 23.3. The van der Waals surface area contributed by atoms with Crippen molar-refractivity contribution in [2.24, 2.45) is 0 Å². The lowest BCUT2D eigenvalue weighted by atomic mass is 9.89. The molecule has 13 heteroatoms. The minimum absolute atomic E-state index is 0.00523. The number of quaternary nitrogens is 1. The van der Waals surface area contributed by atoms with Gasteiger partial charge in [-0.05, 0) is 54.4 Å². The van der Waals surface area contributed by atoms with Crippen LogP contribution in [0.25, 0.3) is 10.9 Å². The van der Waals surface area contributed by atoms with Crippen LogP contribution in [-0.4, -0.2) is 58.0 Å². The Kier molecular flexibility index (Phi) is 8.60. The van der Waals surface area contributed by atoms with Crippen LogP contribution in [0.15, 0.2) is 95.1 Å². The smallest absolute Gasteiger partial charge is 0.416 e. The summed E-state index contributed by atoms with van der Waals surface area (Å²) in [6, 6.07) is 20.7. The van der Waals surface area contributed by atoms with Crippen LogP contribution < -0.4 is 10.6 Å². The van der Waals surface area contributed by atoms with Gasteiger partial charge in [0.1, 0.15) is 12.6 Å². The average Bonchev–Trinajstić information content (AvgIpc) is 3.46. The molecule has 2 aromatic heterocycles. The molecule has 3 aromatic carbocycles. The van der Waals surface area contributed by atoms with Crippen molar-refractivity contribution in [2.75, 3.05) is 32.6 Å². The van der Waals surface area contributed by atoms with E-state index in [1.54, 1.807) is 31.3 Å². The molecule has 3 heterocycles. The number of carbonyl (C=O) groups excluding carboxylic acids is 1. The lowest BCUT2D eigenvalue weighted by molar-refractivity contribution is -0.903. The monoisotopic (exact) mass is 668 g/mol. The highest BCUT2D eigenvalue weighted by Gasteiger charge is 2.41. The molecule has 1 aliphatic heterocycles. The Balaban J connectivity index is 1.44. The number of halogens is 3. The molecule has 1 N–H and O–H groups in total. The lowest BCUT2D eigenvalue weighted by Gasteiger charge is -2.36. The molecule has 10 nitrogen and oxygen atoms in total. The Bertz CT molecular complexity index is 2210. The third-order valence-electron chi connectivity index (χ3n) is 8.85. The van der Waals surface area contributed by atoms with E-state index in [-0.39, 0.29) is 22.9 Å². The maximum absolute atomic E-state index is 13.7. The summed E-state index contributed by atoms with van der Waals surface area (Å²) in [6.45, 7) is 2.84. The minimum Gasteiger partial charge on any atom is -0.466 e. The van der Waals surface area contributed by atoms with E-state index in [4.69, 9.17) is 4.74 Å². The van der Waals surface area contributed by atoms with E-state index in [0.717, 1.165) is 28.6 Å². The van der Waals surface area contributed by atoms with Crippen LogP contribution in [0.4, 0.5) is 24.8 Å². The average molecular weight is 669 g/mol. The number of anilines is 2. The number of rotatable bonds is 8. The Morgan fingerprint density at radius 1 is 1.06 bits per heavy atom. The van der Waals surface area contributed by atoms with Crippen LogP contribution in [0, 0.1) is 11.3 Å². The van der Waals surface area contributed by atoms with Gasteiger partial charge in [0.25, 0.3) is 0 Å². The van der Waals surface area contributed by atoms with E-state index >= 15 is 0 Å². The number of esters is 1. The molecule has 6 rings (SSSR count). The van der Waals surface area contributed by atoms with Gasteiger partial charge < -0.3 is 9.22 Å². The largest absolute Gasteiger partial charge is 0.466 e. The highest BCUT2D eigenvalue weighted by atomic mass is 19.4. The van der Waals surface area contributed by atoms with E-state index in [9.17, 15) is 28.0 Å². The van der Waals surface area contributed by atoms with Crippen molar-refractivity contribution in [3.05, 3.63) is 129 Å². The van der Waals surface area contributed by atoms with Gasteiger partial charge >= 0.3 is 17.8 Å². The number of nitrogens with one attached hydrogen (secondary N) is 1. The SMILES string of the molecule is COC(=O)C1=C(C)N(c2cccc(C(F)(F)F)c2)c2n[nH]c(=O)n2[C@@H]1c1ccc(C#N)cc1CC[N+](C)(C)Cc1cccc2cccnc12. The highest BCUT2D eigenvalue weighted by Crippen LogP contribution is 2.43. The number of alkyl halides is 3. The number of pyridine rings is 1. The maximum Gasteiger partial charge on any atom is 0.416 e. The number of likely N-dealkylation sites (N-methyl/N-ethyl adjacent to an activating group) is 1.